The van der Waals surface area contributed by atoms with Crippen molar-refractivity contribution in [1.29, 1.82) is 0 Å². The second-order valence-corrected chi connectivity index (χ2v) is 6.69. The molecule has 0 bridgehead atoms. The molecule has 28 heavy (non-hydrogen) atoms. The SMILES string of the molecule is COc1cccc(NC(=O)COC(=O)c2cccnc2Sc2ccccc2)c1. The van der Waals surface area contributed by atoms with Crippen molar-refractivity contribution in [2.24, 2.45) is 0 Å². The van der Waals surface area contributed by atoms with E-state index in [0.29, 0.717) is 22.0 Å². The first-order valence-electron chi connectivity index (χ1n) is 8.44. The molecule has 0 saturated carbocycles. The summed E-state index contributed by atoms with van der Waals surface area (Å²) in [5, 5.41) is 3.18. The minimum absolute atomic E-state index is 0.311. The second kappa shape index (κ2) is 9.57. The number of benzene rings is 2. The zero-order valence-corrected chi connectivity index (χ0v) is 15.9. The van der Waals surface area contributed by atoms with Crippen molar-refractivity contribution >= 4 is 29.3 Å². The Kier molecular flexibility index (Phi) is 6.64. The third-order valence-electron chi connectivity index (χ3n) is 3.64. The highest BCUT2D eigenvalue weighted by molar-refractivity contribution is 7.99. The van der Waals surface area contributed by atoms with Crippen molar-refractivity contribution in [2.45, 2.75) is 9.92 Å². The molecule has 1 aromatic heterocycles. The standard InChI is InChI=1S/C21H18N2O4S/c1-26-16-8-5-7-15(13-16)23-19(24)14-27-21(25)18-11-6-12-22-20(18)28-17-9-3-2-4-10-17/h2-13H,14H2,1H3,(H,23,24). The molecule has 3 aromatic rings. The summed E-state index contributed by atoms with van der Waals surface area (Å²) < 4.78 is 10.3. The number of esters is 1. The zero-order chi connectivity index (χ0) is 19.8. The lowest BCUT2D eigenvalue weighted by Gasteiger charge is -2.09. The fourth-order valence-corrected chi connectivity index (χ4v) is 3.23. The van der Waals surface area contributed by atoms with Crippen LogP contribution in [-0.2, 0) is 9.53 Å². The summed E-state index contributed by atoms with van der Waals surface area (Å²) >= 11 is 1.36. The molecule has 0 fully saturated rings. The van der Waals surface area contributed by atoms with Crippen molar-refractivity contribution in [3.8, 4) is 5.75 Å². The Morgan fingerprint density at radius 1 is 1.04 bits per heavy atom. The number of carbonyl (C=O) groups excluding carboxylic acids is 2. The Bertz CT molecular complexity index is 963. The van der Waals surface area contributed by atoms with E-state index in [1.165, 1.54) is 11.8 Å². The van der Waals surface area contributed by atoms with Gasteiger partial charge in [0.1, 0.15) is 10.8 Å². The van der Waals surface area contributed by atoms with Gasteiger partial charge in [-0.1, -0.05) is 36.0 Å². The van der Waals surface area contributed by atoms with Crippen LogP contribution in [0.2, 0.25) is 0 Å². The van der Waals surface area contributed by atoms with Crippen LogP contribution in [0, 0.1) is 0 Å². The maximum absolute atomic E-state index is 12.4. The molecule has 0 spiro atoms. The van der Waals surface area contributed by atoms with Gasteiger partial charge in [-0.25, -0.2) is 9.78 Å². The molecule has 7 heteroatoms. The third-order valence-corrected chi connectivity index (χ3v) is 4.66. The predicted octanol–water partition coefficient (Wildman–Crippen LogP) is 4.04. The van der Waals surface area contributed by atoms with Gasteiger partial charge < -0.3 is 14.8 Å². The fourth-order valence-electron chi connectivity index (χ4n) is 2.33. The maximum atomic E-state index is 12.4. The lowest BCUT2D eigenvalue weighted by molar-refractivity contribution is -0.119. The number of anilines is 1. The minimum Gasteiger partial charge on any atom is -0.497 e. The molecule has 0 unspecified atom stereocenters. The van der Waals surface area contributed by atoms with Crippen LogP contribution in [0.4, 0.5) is 5.69 Å². The molecule has 0 aliphatic heterocycles. The Morgan fingerprint density at radius 3 is 2.64 bits per heavy atom. The first-order chi connectivity index (χ1) is 13.7. The topological polar surface area (TPSA) is 77.5 Å². The molecule has 0 aliphatic carbocycles. The summed E-state index contributed by atoms with van der Waals surface area (Å²) in [6.07, 6.45) is 1.61. The first-order valence-corrected chi connectivity index (χ1v) is 9.26. The molecular formula is C21H18N2O4S. The van der Waals surface area contributed by atoms with Crippen LogP contribution >= 0.6 is 11.8 Å². The number of hydrogen-bond donors (Lipinski definition) is 1. The Morgan fingerprint density at radius 2 is 1.86 bits per heavy atom. The van der Waals surface area contributed by atoms with Crippen molar-refractivity contribution < 1.29 is 19.1 Å². The summed E-state index contributed by atoms with van der Waals surface area (Å²) in [7, 11) is 1.54. The van der Waals surface area contributed by atoms with Gasteiger partial charge >= 0.3 is 5.97 Å². The molecule has 1 amide bonds. The van der Waals surface area contributed by atoms with Crippen LogP contribution in [0.1, 0.15) is 10.4 Å². The molecule has 0 radical (unpaired) electrons. The quantitative estimate of drug-likeness (QED) is 0.610. The van der Waals surface area contributed by atoms with E-state index < -0.39 is 18.5 Å². The van der Waals surface area contributed by atoms with Gasteiger partial charge in [0.05, 0.1) is 12.7 Å². The van der Waals surface area contributed by atoms with E-state index >= 15 is 0 Å². The lowest BCUT2D eigenvalue weighted by Crippen LogP contribution is -2.21. The van der Waals surface area contributed by atoms with E-state index in [4.69, 9.17) is 9.47 Å². The second-order valence-electron chi connectivity index (χ2n) is 5.63. The molecule has 142 valence electrons. The van der Waals surface area contributed by atoms with Gasteiger partial charge in [-0.2, -0.15) is 0 Å². The molecule has 0 saturated heterocycles. The lowest BCUT2D eigenvalue weighted by atomic mass is 10.3. The number of nitrogens with one attached hydrogen (secondary N) is 1. The molecule has 6 nitrogen and oxygen atoms in total. The molecule has 1 heterocycles. The van der Waals surface area contributed by atoms with Crippen LogP contribution in [0.25, 0.3) is 0 Å². The highest BCUT2D eigenvalue weighted by Crippen LogP contribution is 2.28. The van der Waals surface area contributed by atoms with E-state index in [0.717, 1.165) is 4.90 Å². The average Bonchev–Trinajstić information content (AvgIpc) is 2.73. The molecule has 3 rings (SSSR count). The van der Waals surface area contributed by atoms with E-state index in [9.17, 15) is 9.59 Å². The molecule has 0 aliphatic rings. The Balaban J connectivity index is 1.61. The van der Waals surface area contributed by atoms with Gasteiger partial charge in [-0.15, -0.1) is 0 Å². The third kappa shape index (κ3) is 5.34. The van der Waals surface area contributed by atoms with Crippen molar-refractivity contribution in [3.05, 3.63) is 78.5 Å². The summed E-state index contributed by atoms with van der Waals surface area (Å²) in [4.78, 5) is 29.7. The van der Waals surface area contributed by atoms with Gasteiger partial charge in [0.15, 0.2) is 6.61 Å². The van der Waals surface area contributed by atoms with Crippen LogP contribution in [0.3, 0.4) is 0 Å². The van der Waals surface area contributed by atoms with Crippen LogP contribution in [0.15, 0.2) is 82.8 Å². The number of rotatable bonds is 7. The normalized spacial score (nSPS) is 10.2. The number of pyridine rings is 1. The molecule has 1 N–H and O–H groups in total. The van der Waals surface area contributed by atoms with Gasteiger partial charge in [0, 0.05) is 22.8 Å². The van der Waals surface area contributed by atoms with Crippen LogP contribution in [-0.4, -0.2) is 30.6 Å². The summed E-state index contributed by atoms with van der Waals surface area (Å²) in [5.74, 6) is -0.428. The summed E-state index contributed by atoms with van der Waals surface area (Å²) in [5.41, 5.74) is 0.868. The van der Waals surface area contributed by atoms with E-state index in [2.05, 4.69) is 10.3 Å². The average molecular weight is 394 g/mol. The summed E-state index contributed by atoms with van der Waals surface area (Å²) in [6, 6.07) is 19.8. The molecular weight excluding hydrogens is 376 g/mol. The predicted molar refractivity (Wildman–Crippen MR) is 107 cm³/mol. The monoisotopic (exact) mass is 394 g/mol. The van der Waals surface area contributed by atoms with Crippen molar-refractivity contribution in [1.82, 2.24) is 4.98 Å². The number of carbonyl (C=O) groups is 2. The Labute approximate surface area is 166 Å². The van der Waals surface area contributed by atoms with E-state index in [1.807, 2.05) is 30.3 Å². The number of aromatic nitrogens is 1. The van der Waals surface area contributed by atoms with Crippen molar-refractivity contribution in [2.75, 3.05) is 19.0 Å². The van der Waals surface area contributed by atoms with E-state index in [1.54, 1.807) is 49.7 Å². The van der Waals surface area contributed by atoms with Gasteiger partial charge in [0.2, 0.25) is 0 Å². The van der Waals surface area contributed by atoms with Crippen LogP contribution < -0.4 is 10.1 Å². The van der Waals surface area contributed by atoms with Crippen molar-refractivity contribution in [3.63, 3.8) is 0 Å². The van der Waals surface area contributed by atoms with Crippen LogP contribution in [0.5, 0.6) is 5.75 Å². The minimum atomic E-state index is -0.604. The number of ether oxygens (including phenoxy) is 2. The number of hydrogen-bond acceptors (Lipinski definition) is 6. The highest BCUT2D eigenvalue weighted by atomic mass is 32.2. The largest absolute Gasteiger partial charge is 0.497 e. The zero-order valence-electron chi connectivity index (χ0n) is 15.1. The van der Waals surface area contributed by atoms with Gasteiger partial charge in [-0.05, 0) is 36.4 Å². The number of amides is 1. The fraction of sp³-hybridized carbons (Fsp3) is 0.0952. The first kappa shape index (κ1) is 19.4. The molecule has 0 atom stereocenters. The number of methoxy groups -OCH3 is 1. The van der Waals surface area contributed by atoms with E-state index in [-0.39, 0.29) is 0 Å². The van der Waals surface area contributed by atoms with Gasteiger partial charge in [0.25, 0.3) is 5.91 Å². The Hall–Kier alpha value is -3.32. The highest BCUT2D eigenvalue weighted by Gasteiger charge is 2.16. The summed E-state index contributed by atoms with van der Waals surface area (Å²) in [6.45, 7) is -0.402. The maximum Gasteiger partial charge on any atom is 0.341 e. The molecule has 2 aromatic carbocycles. The smallest absolute Gasteiger partial charge is 0.341 e. The van der Waals surface area contributed by atoms with Gasteiger partial charge in [-0.3, -0.25) is 4.79 Å². The number of nitrogens with zero attached hydrogens (tertiary/aromatic N) is 1.